The SMILES string of the molecule is CC1CCNCC1NC(=O)Cc1csc(NC(=O)C(C)(C)C)n1.Cl.Cl. The Hall–Kier alpha value is -0.890. The second kappa shape index (κ2) is 10.3. The summed E-state index contributed by atoms with van der Waals surface area (Å²) >= 11 is 1.35. The van der Waals surface area contributed by atoms with Crippen molar-refractivity contribution in [2.24, 2.45) is 11.3 Å². The van der Waals surface area contributed by atoms with Crippen LogP contribution in [0.1, 0.15) is 39.8 Å². The molecule has 144 valence electrons. The van der Waals surface area contributed by atoms with Crippen LogP contribution >= 0.6 is 36.2 Å². The van der Waals surface area contributed by atoms with Crippen molar-refractivity contribution in [3.05, 3.63) is 11.1 Å². The third kappa shape index (κ3) is 7.48. The van der Waals surface area contributed by atoms with E-state index in [1.165, 1.54) is 11.3 Å². The maximum atomic E-state index is 12.2. The van der Waals surface area contributed by atoms with E-state index in [9.17, 15) is 9.59 Å². The Bertz CT molecular complexity index is 575. The van der Waals surface area contributed by atoms with Gasteiger partial charge in [-0.15, -0.1) is 36.2 Å². The number of nitrogens with zero attached hydrogens (tertiary/aromatic N) is 1. The normalized spacial score (nSPS) is 20.0. The lowest BCUT2D eigenvalue weighted by Crippen LogP contribution is -2.50. The average molecular weight is 411 g/mol. The minimum atomic E-state index is -0.465. The van der Waals surface area contributed by atoms with Gasteiger partial charge in [-0.3, -0.25) is 9.59 Å². The van der Waals surface area contributed by atoms with E-state index in [-0.39, 0.29) is 49.1 Å². The van der Waals surface area contributed by atoms with Crippen molar-refractivity contribution in [1.82, 2.24) is 15.6 Å². The maximum absolute atomic E-state index is 12.2. The first-order valence-electron chi connectivity index (χ1n) is 8.01. The molecule has 9 heteroatoms. The number of nitrogens with one attached hydrogen (secondary N) is 3. The van der Waals surface area contributed by atoms with Gasteiger partial charge < -0.3 is 16.0 Å². The van der Waals surface area contributed by atoms with Crippen molar-refractivity contribution in [2.45, 2.75) is 46.6 Å². The van der Waals surface area contributed by atoms with Gasteiger partial charge in [-0.25, -0.2) is 4.98 Å². The Labute approximate surface area is 165 Å². The van der Waals surface area contributed by atoms with Gasteiger partial charge in [-0.1, -0.05) is 27.7 Å². The average Bonchev–Trinajstić information content (AvgIpc) is 2.87. The van der Waals surface area contributed by atoms with Crippen molar-refractivity contribution < 1.29 is 9.59 Å². The van der Waals surface area contributed by atoms with Gasteiger partial charge in [0, 0.05) is 23.4 Å². The predicted molar refractivity (Wildman–Crippen MR) is 107 cm³/mol. The molecule has 1 aromatic rings. The number of hydrogen-bond acceptors (Lipinski definition) is 5. The number of halogens is 2. The maximum Gasteiger partial charge on any atom is 0.231 e. The van der Waals surface area contributed by atoms with Gasteiger partial charge in [-0.05, 0) is 18.9 Å². The molecule has 1 aliphatic heterocycles. The largest absolute Gasteiger partial charge is 0.351 e. The van der Waals surface area contributed by atoms with Gasteiger partial charge in [0.05, 0.1) is 12.1 Å². The first kappa shape index (κ1) is 24.1. The number of thiazole rings is 1. The molecule has 2 unspecified atom stereocenters. The van der Waals surface area contributed by atoms with Gasteiger partial charge in [0.25, 0.3) is 0 Å². The Morgan fingerprint density at radius 2 is 2.04 bits per heavy atom. The lowest BCUT2D eigenvalue weighted by Gasteiger charge is -2.30. The summed E-state index contributed by atoms with van der Waals surface area (Å²) in [6, 6.07) is 0.176. The van der Waals surface area contributed by atoms with E-state index in [0.29, 0.717) is 16.7 Å². The minimum Gasteiger partial charge on any atom is -0.351 e. The molecular weight excluding hydrogens is 383 g/mol. The summed E-state index contributed by atoms with van der Waals surface area (Å²) in [5.74, 6) is 0.381. The number of rotatable bonds is 4. The van der Waals surface area contributed by atoms with Crippen LogP contribution < -0.4 is 16.0 Å². The highest BCUT2D eigenvalue weighted by Crippen LogP contribution is 2.21. The highest BCUT2D eigenvalue weighted by molar-refractivity contribution is 7.13. The molecule has 1 aliphatic rings. The zero-order valence-corrected chi connectivity index (χ0v) is 17.5. The van der Waals surface area contributed by atoms with E-state index in [0.717, 1.165) is 19.5 Å². The standard InChI is InChI=1S/C16H26N4O2S.2ClH/c1-10-5-6-17-8-12(10)19-13(21)7-11-9-23-15(18-11)20-14(22)16(2,3)4;;/h9-10,12,17H,5-8H2,1-4H3,(H,19,21)(H,18,20,22);2*1H. The molecule has 2 rings (SSSR count). The fraction of sp³-hybridized carbons (Fsp3) is 0.688. The van der Waals surface area contributed by atoms with E-state index in [2.05, 4.69) is 27.9 Å². The van der Waals surface area contributed by atoms with Gasteiger partial charge in [0.15, 0.2) is 5.13 Å². The first-order chi connectivity index (χ1) is 10.8. The number of aromatic nitrogens is 1. The summed E-state index contributed by atoms with van der Waals surface area (Å²) in [5.41, 5.74) is 0.223. The van der Waals surface area contributed by atoms with Crippen molar-refractivity contribution in [3.63, 3.8) is 0 Å². The molecule has 0 saturated carbocycles. The Morgan fingerprint density at radius 1 is 1.36 bits per heavy atom. The quantitative estimate of drug-likeness (QED) is 0.711. The zero-order chi connectivity index (χ0) is 17.0. The Morgan fingerprint density at radius 3 is 2.64 bits per heavy atom. The van der Waals surface area contributed by atoms with E-state index in [4.69, 9.17) is 0 Å². The number of piperidine rings is 1. The molecule has 6 nitrogen and oxygen atoms in total. The van der Waals surface area contributed by atoms with Crippen LogP contribution in [0.25, 0.3) is 0 Å². The highest BCUT2D eigenvalue weighted by atomic mass is 35.5. The highest BCUT2D eigenvalue weighted by Gasteiger charge is 2.24. The van der Waals surface area contributed by atoms with Crippen LogP contribution in [0.2, 0.25) is 0 Å². The fourth-order valence-corrected chi connectivity index (χ4v) is 3.04. The third-order valence-corrected chi connectivity index (χ3v) is 4.78. The van der Waals surface area contributed by atoms with E-state index in [1.54, 1.807) is 0 Å². The lowest BCUT2D eigenvalue weighted by molar-refractivity contribution is -0.123. The molecule has 0 aromatic carbocycles. The smallest absolute Gasteiger partial charge is 0.231 e. The van der Waals surface area contributed by atoms with E-state index >= 15 is 0 Å². The van der Waals surface area contributed by atoms with Crippen molar-refractivity contribution in [1.29, 1.82) is 0 Å². The monoisotopic (exact) mass is 410 g/mol. The van der Waals surface area contributed by atoms with Crippen LogP contribution in [0.5, 0.6) is 0 Å². The number of hydrogen-bond donors (Lipinski definition) is 3. The number of anilines is 1. The summed E-state index contributed by atoms with van der Waals surface area (Å²) in [4.78, 5) is 28.4. The number of carbonyl (C=O) groups excluding carboxylic acids is 2. The molecule has 0 aliphatic carbocycles. The molecule has 2 atom stereocenters. The minimum absolute atomic E-state index is 0. The van der Waals surface area contributed by atoms with Crippen LogP contribution in [-0.2, 0) is 16.0 Å². The second-order valence-electron chi connectivity index (χ2n) is 7.17. The first-order valence-corrected chi connectivity index (χ1v) is 8.89. The summed E-state index contributed by atoms with van der Waals surface area (Å²) in [6.07, 6.45) is 1.32. The van der Waals surface area contributed by atoms with Gasteiger partial charge in [0.1, 0.15) is 0 Å². The summed E-state index contributed by atoms with van der Waals surface area (Å²) < 4.78 is 0. The number of carbonyl (C=O) groups is 2. The van der Waals surface area contributed by atoms with Crippen LogP contribution in [0.4, 0.5) is 5.13 Å². The molecule has 1 aromatic heterocycles. The van der Waals surface area contributed by atoms with Gasteiger partial charge >= 0.3 is 0 Å². The molecule has 2 heterocycles. The molecule has 1 saturated heterocycles. The van der Waals surface area contributed by atoms with Crippen molar-refractivity contribution in [2.75, 3.05) is 18.4 Å². The Kier molecular flexibility index (Phi) is 9.94. The van der Waals surface area contributed by atoms with E-state index < -0.39 is 5.41 Å². The second-order valence-corrected chi connectivity index (χ2v) is 8.03. The molecule has 0 spiro atoms. The molecule has 0 bridgehead atoms. The topological polar surface area (TPSA) is 83.1 Å². The van der Waals surface area contributed by atoms with Crippen LogP contribution in [0, 0.1) is 11.3 Å². The summed E-state index contributed by atoms with van der Waals surface area (Å²) in [7, 11) is 0. The fourth-order valence-electron chi connectivity index (χ4n) is 2.34. The Balaban J connectivity index is 0.00000288. The van der Waals surface area contributed by atoms with Gasteiger partial charge in [0.2, 0.25) is 11.8 Å². The lowest BCUT2D eigenvalue weighted by atomic mass is 9.95. The van der Waals surface area contributed by atoms with Gasteiger partial charge in [-0.2, -0.15) is 0 Å². The van der Waals surface area contributed by atoms with E-state index in [1.807, 2.05) is 26.2 Å². The molecule has 1 fully saturated rings. The zero-order valence-electron chi connectivity index (χ0n) is 15.0. The molecule has 0 radical (unpaired) electrons. The molecule has 25 heavy (non-hydrogen) atoms. The molecule has 2 amide bonds. The van der Waals surface area contributed by atoms with Crippen LogP contribution in [0.3, 0.4) is 0 Å². The number of amides is 2. The van der Waals surface area contributed by atoms with Crippen LogP contribution in [-0.4, -0.2) is 35.9 Å². The molecular formula is C16H28Cl2N4O2S. The predicted octanol–water partition coefficient (Wildman–Crippen LogP) is 2.63. The summed E-state index contributed by atoms with van der Waals surface area (Å²) in [6.45, 7) is 9.54. The summed E-state index contributed by atoms with van der Waals surface area (Å²) in [5, 5.41) is 11.5. The van der Waals surface area contributed by atoms with Crippen LogP contribution in [0.15, 0.2) is 5.38 Å². The molecule has 3 N–H and O–H groups in total. The van der Waals surface area contributed by atoms with Crippen molar-refractivity contribution >= 4 is 53.1 Å². The third-order valence-electron chi connectivity index (χ3n) is 3.97. The van der Waals surface area contributed by atoms with Crippen molar-refractivity contribution in [3.8, 4) is 0 Å².